The first-order valence-electron chi connectivity index (χ1n) is 7.75. The summed E-state index contributed by atoms with van der Waals surface area (Å²) in [6.07, 6.45) is 4.79. The van der Waals surface area contributed by atoms with Crippen LogP contribution in [-0.4, -0.2) is 43.3 Å². The number of ether oxygens (including phenoxy) is 2. The van der Waals surface area contributed by atoms with E-state index in [-0.39, 0.29) is 6.04 Å². The van der Waals surface area contributed by atoms with Gasteiger partial charge in [0.05, 0.1) is 36.1 Å². The Bertz CT molecular complexity index is 385. The minimum absolute atomic E-state index is 0.206. The first-order chi connectivity index (χ1) is 10.2. The van der Waals surface area contributed by atoms with E-state index in [0.717, 1.165) is 49.7 Å². The van der Waals surface area contributed by atoms with Crippen molar-refractivity contribution in [3.05, 3.63) is 16.9 Å². The van der Waals surface area contributed by atoms with Crippen LogP contribution in [0.1, 0.15) is 44.8 Å². The van der Waals surface area contributed by atoms with Gasteiger partial charge in [0.15, 0.2) is 0 Å². The zero-order valence-electron chi connectivity index (χ0n) is 13.4. The lowest BCUT2D eigenvalue weighted by Gasteiger charge is -2.20. The lowest BCUT2D eigenvalue weighted by molar-refractivity contribution is 0.140. The van der Waals surface area contributed by atoms with Crippen LogP contribution in [0.25, 0.3) is 0 Å². The minimum Gasteiger partial charge on any atom is -0.383 e. The lowest BCUT2D eigenvalue weighted by Crippen LogP contribution is -2.26. The summed E-state index contributed by atoms with van der Waals surface area (Å²) in [6.45, 7) is 8.03. The summed E-state index contributed by atoms with van der Waals surface area (Å²) in [5.41, 5.74) is 1.05. The summed E-state index contributed by atoms with van der Waals surface area (Å²) in [5, 5.41) is 8.64. The molecule has 0 saturated carbocycles. The molecule has 0 aromatic carbocycles. The second kappa shape index (κ2) is 11.0. The maximum absolute atomic E-state index is 6.34. The molecule has 0 saturated heterocycles. The summed E-state index contributed by atoms with van der Waals surface area (Å²) in [7, 11) is 1.69. The molecule has 1 heterocycles. The number of rotatable bonds is 12. The van der Waals surface area contributed by atoms with Gasteiger partial charge in [-0.05, 0) is 32.7 Å². The van der Waals surface area contributed by atoms with Crippen LogP contribution in [0.2, 0.25) is 5.02 Å². The maximum Gasteiger partial charge on any atom is 0.0834 e. The number of nitrogens with one attached hydrogen (secondary N) is 1. The molecule has 0 aliphatic carbocycles. The van der Waals surface area contributed by atoms with Gasteiger partial charge in [-0.1, -0.05) is 18.5 Å². The highest BCUT2D eigenvalue weighted by atomic mass is 35.5. The second-order valence-electron chi connectivity index (χ2n) is 4.94. The molecule has 0 amide bonds. The monoisotopic (exact) mass is 317 g/mol. The predicted molar refractivity (Wildman–Crippen MR) is 85.9 cm³/mol. The molecule has 1 aromatic heterocycles. The summed E-state index contributed by atoms with van der Waals surface area (Å²) >= 11 is 6.34. The molecule has 0 spiro atoms. The maximum atomic E-state index is 6.34. The number of hydrogen-bond acceptors (Lipinski definition) is 4. The van der Waals surface area contributed by atoms with Crippen LogP contribution in [0.3, 0.4) is 0 Å². The molecule has 1 aromatic rings. The van der Waals surface area contributed by atoms with Gasteiger partial charge in [0, 0.05) is 20.3 Å². The van der Waals surface area contributed by atoms with Gasteiger partial charge in [0.1, 0.15) is 0 Å². The fourth-order valence-corrected chi connectivity index (χ4v) is 2.54. The third-order valence-electron chi connectivity index (χ3n) is 3.30. The van der Waals surface area contributed by atoms with Crippen LogP contribution in [0.5, 0.6) is 0 Å². The Morgan fingerprint density at radius 2 is 2.19 bits per heavy atom. The van der Waals surface area contributed by atoms with Crippen LogP contribution < -0.4 is 5.32 Å². The van der Waals surface area contributed by atoms with Crippen molar-refractivity contribution in [2.75, 3.05) is 33.5 Å². The molecule has 5 nitrogen and oxygen atoms in total. The molecular weight excluding hydrogens is 290 g/mol. The van der Waals surface area contributed by atoms with Crippen molar-refractivity contribution < 1.29 is 9.47 Å². The number of nitrogens with zero attached hydrogens (tertiary/aromatic N) is 2. The van der Waals surface area contributed by atoms with E-state index in [4.69, 9.17) is 21.1 Å². The highest BCUT2D eigenvalue weighted by Gasteiger charge is 2.19. The van der Waals surface area contributed by atoms with Crippen LogP contribution in [-0.2, 0) is 16.0 Å². The van der Waals surface area contributed by atoms with E-state index in [2.05, 4.69) is 17.3 Å². The predicted octanol–water partition coefficient (Wildman–Crippen LogP) is 3.04. The van der Waals surface area contributed by atoms with Crippen LogP contribution in [0.15, 0.2) is 6.20 Å². The Morgan fingerprint density at radius 1 is 1.38 bits per heavy atom. The third kappa shape index (κ3) is 6.34. The Morgan fingerprint density at radius 3 is 2.86 bits per heavy atom. The highest BCUT2D eigenvalue weighted by Crippen LogP contribution is 2.26. The standard InChI is InChI=1S/C15H28ClN3O2/c1-4-8-17-14(7-6-10-21-5-2)15-13(16)12-18-19(15)9-11-20-3/h12,14,17H,4-11H2,1-3H3. The van der Waals surface area contributed by atoms with Gasteiger partial charge in [0.2, 0.25) is 0 Å². The van der Waals surface area contributed by atoms with Gasteiger partial charge >= 0.3 is 0 Å². The fourth-order valence-electron chi connectivity index (χ4n) is 2.26. The van der Waals surface area contributed by atoms with Crippen molar-refractivity contribution in [1.29, 1.82) is 0 Å². The molecule has 1 N–H and O–H groups in total. The molecule has 122 valence electrons. The summed E-state index contributed by atoms with van der Waals surface area (Å²) in [5.74, 6) is 0. The van der Waals surface area contributed by atoms with Crippen molar-refractivity contribution in [2.45, 2.75) is 45.7 Å². The minimum atomic E-state index is 0.206. The van der Waals surface area contributed by atoms with Crippen molar-refractivity contribution in [3.8, 4) is 0 Å². The van der Waals surface area contributed by atoms with E-state index in [9.17, 15) is 0 Å². The SMILES string of the molecule is CCCNC(CCCOCC)c1c(Cl)cnn1CCOC. The largest absolute Gasteiger partial charge is 0.383 e. The average molecular weight is 318 g/mol. The van der Waals surface area contributed by atoms with Gasteiger partial charge in [-0.15, -0.1) is 0 Å². The first kappa shape index (κ1) is 18.4. The second-order valence-corrected chi connectivity index (χ2v) is 5.35. The quantitative estimate of drug-likeness (QED) is 0.602. The molecule has 1 atom stereocenters. The van der Waals surface area contributed by atoms with E-state index >= 15 is 0 Å². The molecule has 1 rings (SSSR count). The van der Waals surface area contributed by atoms with E-state index in [1.807, 2.05) is 11.6 Å². The first-order valence-corrected chi connectivity index (χ1v) is 8.13. The van der Waals surface area contributed by atoms with Crippen molar-refractivity contribution in [2.24, 2.45) is 0 Å². The van der Waals surface area contributed by atoms with Gasteiger partial charge in [-0.2, -0.15) is 5.10 Å². The van der Waals surface area contributed by atoms with E-state index in [1.165, 1.54) is 0 Å². The zero-order valence-corrected chi connectivity index (χ0v) is 14.2. The Labute approximate surface area is 132 Å². The van der Waals surface area contributed by atoms with Crippen LogP contribution in [0.4, 0.5) is 0 Å². The smallest absolute Gasteiger partial charge is 0.0834 e. The number of hydrogen-bond donors (Lipinski definition) is 1. The van der Waals surface area contributed by atoms with Crippen LogP contribution >= 0.6 is 11.6 Å². The Hall–Kier alpha value is -0.620. The number of methoxy groups -OCH3 is 1. The molecular formula is C15H28ClN3O2. The number of halogens is 1. The van der Waals surface area contributed by atoms with E-state index in [1.54, 1.807) is 13.3 Å². The number of aromatic nitrogens is 2. The molecule has 0 aliphatic heterocycles. The molecule has 1 unspecified atom stereocenters. The topological polar surface area (TPSA) is 48.3 Å². The summed E-state index contributed by atoms with van der Waals surface area (Å²) in [4.78, 5) is 0. The van der Waals surface area contributed by atoms with Gasteiger partial charge in [0.25, 0.3) is 0 Å². The van der Waals surface area contributed by atoms with Crippen molar-refractivity contribution in [1.82, 2.24) is 15.1 Å². The Balaban J connectivity index is 2.73. The zero-order chi connectivity index (χ0) is 15.5. The third-order valence-corrected chi connectivity index (χ3v) is 3.59. The van der Waals surface area contributed by atoms with Crippen LogP contribution in [0, 0.1) is 0 Å². The van der Waals surface area contributed by atoms with Crippen molar-refractivity contribution >= 4 is 11.6 Å². The lowest BCUT2D eigenvalue weighted by atomic mass is 10.1. The molecule has 21 heavy (non-hydrogen) atoms. The highest BCUT2D eigenvalue weighted by molar-refractivity contribution is 6.31. The fraction of sp³-hybridized carbons (Fsp3) is 0.800. The summed E-state index contributed by atoms with van der Waals surface area (Å²) in [6, 6.07) is 0.206. The Kier molecular flexibility index (Phi) is 9.67. The summed E-state index contributed by atoms with van der Waals surface area (Å²) < 4.78 is 12.5. The van der Waals surface area contributed by atoms with Crippen molar-refractivity contribution in [3.63, 3.8) is 0 Å². The average Bonchev–Trinajstić information content (AvgIpc) is 2.85. The molecule has 0 bridgehead atoms. The van der Waals surface area contributed by atoms with E-state index in [0.29, 0.717) is 13.2 Å². The normalized spacial score (nSPS) is 12.8. The van der Waals surface area contributed by atoms with Gasteiger partial charge in [-0.25, -0.2) is 0 Å². The van der Waals surface area contributed by atoms with Gasteiger partial charge in [-0.3, -0.25) is 4.68 Å². The van der Waals surface area contributed by atoms with E-state index < -0.39 is 0 Å². The molecule has 0 aliphatic rings. The molecule has 6 heteroatoms. The molecule has 0 radical (unpaired) electrons. The van der Waals surface area contributed by atoms with Gasteiger partial charge < -0.3 is 14.8 Å². The molecule has 0 fully saturated rings.